The van der Waals surface area contributed by atoms with Gasteiger partial charge in [-0.3, -0.25) is 4.79 Å². The van der Waals surface area contributed by atoms with Crippen LogP contribution >= 0.6 is 0 Å². The molecule has 1 amide bonds. The van der Waals surface area contributed by atoms with Crippen molar-refractivity contribution in [3.8, 4) is 0 Å². The molecule has 6 heteroatoms. The number of carbonyl (C=O) groups excluding carboxylic acids is 1. The molecule has 0 saturated carbocycles. The number of aromatic nitrogens is 2. The van der Waals surface area contributed by atoms with Crippen LogP contribution in [0.5, 0.6) is 0 Å². The average Bonchev–Trinajstić information content (AvgIpc) is 3.37. The third kappa shape index (κ3) is 3.42. The zero-order valence-electron chi connectivity index (χ0n) is 17.0. The smallest absolute Gasteiger partial charge is 0.227 e. The van der Waals surface area contributed by atoms with Gasteiger partial charge in [-0.2, -0.15) is 0 Å². The van der Waals surface area contributed by atoms with E-state index in [4.69, 9.17) is 9.40 Å². The van der Waals surface area contributed by atoms with Gasteiger partial charge in [0.2, 0.25) is 5.91 Å². The average molecular weight is 390 g/mol. The molecule has 0 spiro atoms. The Bertz CT molecular complexity index is 1080. The summed E-state index contributed by atoms with van der Waals surface area (Å²) in [6, 6.07) is 4.44. The summed E-state index contributed by atoms with van der Waals surface area (Å²) in [4.78, 5) is 24.3. The molecular weight excluding hydrogens is 364 g/mol. The van der Waals surface area contributed by atoms with E-state index in [-0.39, 0.29) is 11.9 Å². The summed E-state index contributed by atoms with van der Waals surface area (Å²) in [6.45, 7) is 6.45. The van der Waals surface area contributed by atoms with E-state index < -0.39 is 0 Å². The van der Waals surface area contributed by atoms with Gasteiger partial charge in [-0.05, 0) is 50.4 Å². The number of nitrogens with one attached hydrogen (secondary N) is 1. The number of furan rings is 1. The maximum atomic E-state index is 13.0. The SMILES string of the molecule is Cc1cc(C)c2c(CC(=O)N3CCc4nc([C@@H]5CCCN5)ncc4C3)coc2c1. The first-order valence-corrected chi connectivity index (χ1v) is 10.4. The lowest BCUT2D eigenvalue weighted by molar-refractivity contribution is -0.131. The van der Waals surface area contributed by atoms with Crippen molar-refractivity contribution in [2.45, 2.75) is 52.1 Å². The van der Waals surface area contributed by atoms with Crippen LogP contribution in [0, 0.1) is 13.8 Å². The van der Waals surface area contributed by atoms with Gasteiger partial charge in [0.15, 0.2) is 0 Å². The summed E-state index contributed by atoms with van der Waals surface area (Å²) in [7, 11) is 0. The molecule has 1 atom stereocenters. The van der Waals surface area contributed by atoms with E-state index in [0.29, 0.717) is 19.5 Å². The summed E-state index contributed by atoms with van der Waals surface area (Å²) >= 11 is 0. The Balaban J connectivity index is 1.32. The Kier molecular flexibility index (Phi) is 4.59. The molecule has 29 heavy (non-hydrogen) atoms. The highest BCUT2D eigenvalue weighted by atomic mass is 16.3. The fourth-order valence-electron chi connectivity index (χ4n) is 4.65. The second-order valence-corrected chi connectivity index (χ2v) is 8.31. The van der Waals surface area contributed by atoms with E-state index in [1.807, 2.05) is 17.2 Å². The lowest BCUT2D eigenvalue weighted by Gasteiger charge is -2.28. The number of hydrogen-bond donors (Lipinski definition) is 1. The molecule has 1 N–H and O–H groups in total. The Morgan fingerprint density at radius 3 is 3.07 bits per heavy atom. The van der Waals surface area contributed by atoms with Gasteiger partial charge in [-0.1, -0.05) is 6.07 Å². The standard InChI is InChI=1S/C23H26N4O2/c1-14-8-15(2)22-16(13-29-20(22)9-14)10-21(28)27-7-5-18-17(12-27)11-25-23(26-18)19-4-3-6-24-19/h8-9,11,13,19,24H,3-7,10,12H2,1-2H3/t19-/m0/s1. The predicted octanol–water partition coefficient (Wildman–Crippen LogP) is 3.39. The molecule has 0 bridgehead atoms. The molecule has 0 unspecified atom stereocenters. The van der Waals surface area contributed by atoms with Crippen molar-refractivity contribution in [1.29, 1.82) is 0 Å². The van der Waals surface area contributed by atoms with Gasteiger partial charge in [0.25, 0.3) is 0 Å². The van der Waals surface area contributed by atoms with Crippen molar-refractivity contribution in [3.63, 3.8) is 0 Å². The molecule has 0 aliphatic carbocycles. The monoisotopic (exact) mass is 390 g/mol. The molecule has 1 saturated heterocycles. The van der Waals surface area contributed by atoms with E-state index in [2.05, 4.69) is 30.2 Å². The van der Waals surface area contributed by atoms with E-state index in [1.165, 1.54) is 12.0 Å². The molecular formula is C23H26N4O2. The largest absolute Gasteiger partial charge is 0.464 e. The highest BCUT2D eigenvalue weighted by molar-refractivity contribution is 5.90. The molecule has 2 aliphatic heterocycles. The van der Waals surface area contributed by atoms with E-state index in [0.717, 1.165) is 58.6 Å². The third-order valence-electron chi connectivity index (χ3n) is 6.11. The quantitative estimate of drug-likeness (QED) is 0.742. The Labute approximate surface area is 170 Å². The summed E-state index contributed by atoms with van der Waals surface area (Å²) in [5.74, 6) is 1.02. The molecule has 150 valence electrons. The molecule has 6 nitrogen and oxygen atoms in total. The fraction of sp³-hybridized carbons (Fsp3) is 0.435. The minimum atomic E-state index is 0.125. The molecule has 1 fully saturated rings. The van der Waals surface area contributed by atoms with Crippen LogP contribution in [0.1, 0.15) is 52.7 Å². The van der Waals surface area contributed by atoms with Gasteiger partial charge in [0.05, 0.1) is 24.4 Å². The molecule has 2 aromatic heterocycles. The van der Waals surface area contributed by atoms with Gasteiger partial charge in [-0.25, -0.2) is 9.97 Å². The van der Waals surface area contributed by atoms with Gasteiger partial charge in [0.1, 0.15) is 11.4 Å². The zero-order valence-corrected chi connectivity index (χ0v) is 17.0. The summed E-state index contributed by atoms with van der Waals surface area (Å²) in [6.07, 6.45) is 7.06. The number of nitrogens with zero attached hydrogens (tertiary/aromatic N) is 3. The molecule has 0 radical (unpaired) electrons. The highest BCUT2D eigenvalue weighted by Crippen LogP contribution is 2.28. The van der Waals surface area contributed by atoms with Crippen molar-refractivity contribution in [2.75, 3.05) is 13.1 Å². The maximum absolute atomic E-state index is 13.0. The predicted molar refractivity (Wildman–Crippen MR) is 111 cm³/mol. The van der Waals surface area contributed by atoms with Gasteiger partial charge >= 0.3 is 0 Å². The molecule has 4 heterocycles. The van der Waals surface area contributed by atoms with Crippen LogP contribution in [0.15, 0.2) is 29.0 Å². The highest BCUT2D eigenvalue weighted by Gasteiger charge is 2.26. The molecule has 3 aromatic rings. The topological polar surface area (TPSA) is 71.3 Å². The first-order chi connectivity index (χ1) is 14.1. The number of fused-ring (bicyclic) bond motifs is 2. The first kappa shape index (κ1) is 18.3. The number of amides is 1. The molecule has 5 rings (SSSR count). The summed E-state index contributed by atoms with van der Waals surface area (Å²) in [5, 5.41) is 4.52. The van der Waals surface area contributed by atoms with Crippen molar-refractivity contribution in [1.82, 2.24) is 20.2 Å². The lowest BCUT2D eigenvalue weighted by Crippen LogP contribution is -2.37. The first-order valence-electron chi connectivity index (χ1n) is 10.4. The summed E-state index contributed by atoms with van der Waals surface area (Å²) < 4.78 is 5.72. The van der Waals surface area contributed by atoms with Crippen molar-refractivity contribution >= 4 is 16.9 Å². The van der Waals surface area contributed by atoms with Crippen LogP contribution in [-0.4, -0.2) is 33.9 Å². The minimum Gasteiger partial charge on any atom is -0.464 e. The number of carbonyl (C=O) groups is 1. The number of benzene rings is 1. The van der Waals surface area contributed by atoms with Crippen LogP contribution in [0.4, 0.5) is 0 Å². The minimum absolute atomic E-state index is 0.125. The maximum Gasteiger partial charge on any atom is 0.227 e. The van der Waals surface area contributed by atoms with E-state index in [1.54, 1.807) is 6.26 Å². The normalized spacial score (nSPS) is 19.0. The van der Waals surface area contributed by atoms with Crippen LogP contribution < -0.4 is 5.32 Å². The number of hydrogen-bond acceptors (Lipinski definition) is 5. The van der Waals surface area contributed by atoms with E-state index >= 15 is 0 Å². The second kappa shape index (κ2) is 7.26. The van der Waals surface area contributed by atoms with Crippen LogP contribution in [0.2, 0.25) is 0 Å². The van der Waals surface area contributed by atoms with Crippen LogP contribution in [-0.2, 0) is 24.2 Å². The lowest BCUT2D eigenvalue weighted by atomic mass is 10.0. The van der Waals surface area contributed by atoms with E-state index in [9.17, 15) is 4.79 Å². The van der Waals surface area contributed by atoms with Gasteiger partial charge < -0.3 is 14.6 Å². The Morgan fingerprint density at radius 2 is 2.24 bits per heavy atom. The summed E-state index contributed by atoms with van der Waals surface area (Å²) in [5.41, 5.74) is 6.30. The van der Waals surface area contributed by atoms with Crippen molar-refractivity contribution in [2.24, 2.45) is 0 Å². The zero-order chi connectivity index (χ0) is 20.0. The number of rotatable bonds is 3. The van der Waals surface area contributed by atoms with Crippen LogP contribution in [0.3, 0.4) is 0 Å². The number of aryl methyl sites for hydroxylation is 2. The molecule has 1 aromatic carbocycles. The van der Waals surface area contributed by atoms with Crippen molar-refractivity contribution < 1.29 is 9.21 Å². The van der Waals surface area contributed by atoms with Crippen LogP contribution in [0.25, 0.3) is 11.0 Å². The van der Waals surface area contributed by atoms with Gasteiger partial charge in [0, 0.05) is 42.2 Å². The van der Waals surface area contributed by atoms with Crippen molar-refractivity contribution in [3.05, 3.63) is 58.4 Å². The fourth-order valence-corrected chi connectivity index (χ4v) is 4.65. The van der Waals surface area contributed by atoms with Gasteiger partial charge in [-0.15, -0.1) is 0 Å². The third-order valence-corrected chi connectivity index (χ3v) is 6.11. The second-order valence-electron chi connectivity index (χ2n) is 8.31. The molecule has 2 aliphatic rings. The Hall–Kier alpha value is -2.73. The Morgan fingerprint density at radius 1 is 1.34 bits per heavy atom.